The summed E-state index contributed by atoms with van der Waals surface area (Å²) < 4.78 is 0. The van der Waals surface area contributed by atoms with Crippen molar-refractivity contribution in [1.29, 1.82) is 0 Å². The number of para-hydroxylation sites is 1. The van der Waals surface area contributed by atoms with E-state index >= 15 is 0 Å². The highest BCUT2D eigenvalue weighted by Gasteiger charge is 2.25. The minimum absolute atomic E-state index is 0.631. The number of nitrogens with zero attached hydrogens (tertiary/aromatic N) is 1. The maximum absolute atomic E-state index is 3.86. The zero-order chi connectivity index (χ0) is 15.2. The molecule has 2 heteroatoms. The summed E-state index contributed by atoms with van der Waals surface area (Å²) in [4.78, 5) is 2.48. The normalized spacial score (nSPS) is 26.0. The summed E-state index contributed by atoms with van der Waals surface area (Å²) in [5.41, 5.74) is 2.78. The monoisotopic (exact) mass is 288 g/mol. The molecule has 1 aromatic carbocycles. The maximum Gasteiger partial charge on any atom is 0.0388 e. The van der Waals surface area contributed by atoms with Crippen molar-refractivity contribution in [2.75, 3.05) is 18.4 Å². The molecule has 1 N–H and O–H groups in total. The van der Waals surface area contributed by atoms with Crippen molar-refractivity contribution in [3.8, 4) is 0 Å². The van der Waals surface area contributed by atoms with E-state index in [1.165, 1.54) is 30.5 Å². The first-order valence-electron chi connectivity index (χ1n) is 8.70. The van der Waals surface area contributed by atoms with Gasteiger partial charge < -0.3 is 5.32 Å². The Kier molecular flexibility index (Phi) is 6.10. The van der Waals surface area contributed by atoms with Gasteiger partial charge in [0.25, 0.3) is 0 Å². The highest BCUT2D eigenvalue weighted by atomic mass is 15.1. The Balaban J connectivity index is 2.08. The van der Waals surface area contributed by atoms with Crippen LogP contribution in [0.4, 0.5) is 5.69 Å². The highest BCUT2D eigenvalue weighted by molar-refractivity contribution is 5.52. The van der Waals surface area contributed by atoms with Crippen LogP contribution in [-0.4, -0.2) is 24.0 Å². The Bertz CT molecular complexity index is 425. The molecule has 0 saturated heterocycles. The Morgan fingerprint density at radius 2 is 1.81 bits per heavy atom. The van der Waals surface area contributed by atoms with Crippen molar-refractivity contribution in [3.63, 3.8) is 0 Å². The highest BCUT2D eigenvalue weighted by Crippen LogP contribution is 2.31. The van der Waals surface area contributed by atoms with Gasteiger partial charge in [0.1, 0.15) is 0 Å². The molecule has 1 aromatic rings. The van der Waals surface area contributed by atoms with E-state index in [2.05, 4.69) is 62.2 Å². The molecule has 0 aromatic heterocycles. The zero-order valence-corrected chi connectivity index (χ0v) is 14.2. The summed E-state index contributed by atoms with van der Waals surface area (Å²) in [7, 11) is 0. The molecule has 118 valence electrons. The lowest BCUT2D eigenvalue weighted by atomic mass is 9.80. The van der Waals surface area contributed by atoms with E-state index in [1.807, 2.05) is 0 Å². The smallest absolute Gasteiger partial charge is 0.0388 e. The van der Waals surface area contributed by atoms with Gasteiger partial charge in [-0.1, -0.05) is 52.3 Å². The van der Waals surface area contributed by atoms with E-state index in [9.17, 15) is 0 Å². The average Bonchev–Trinajstić information content (AvgIpc) is 2.50. The number of hydrogen-bond donors (Lipinski definition) is 1. The van der Waals surface area contributed by atoms with Gasteiger partial charge in [-0.25, -0.2) is 0 Å². The van der Waals surface area contributed by atoms with Gasteiger partial charge in [-0.2, -0.15) is 0 Å². The first-order chi connectivity index (χ1) is 10.1. The quantitative estimate of drug-likeness (QED) is 0.811. The number of benzene rings is 1. The molecule has 1 saturated carbocycles. The number of anilines is 1. The topological polar surface area (TPSA) is 15.3 Å². The fourth-order valence-corrected chi connectivity index (χ4v) is 3.42. The molecule has 3 unspecified atom stereocenters. The largest absolute Gasteiger partial charge is 0.382 e. The van der Waals surface area contributed by atoms with Gasteiger partial charge in [0.05, 0.1) is 0 Å². The molecule has 1 aliphatic carbocycles. The lowest BCUT2D eigenvalue weighted by Crippen LogP contribution is -2.34. The van der Waals surface area contributed by atoms with Crippen LogP contribution < -0.4 is 5.32 Å². The third-order valence-corrected chi connectivity index (χ3v) is 5.10. The van der Waals surface area contributed by atoms with Gasteiger partial charge in [-0.15, -0.1) is 0 Å². The Morgan fingerprint density at radius 1 is 1.10 bits per heavy atom. The molecule has 0 aliphatic heterocycles. The van der Waals surface area contributed by atoms with E-state index in [4.69, 9.17) is 0 Å². The summed E-state index contributed by atoms with van der Waals surface area (Å²) >= 11 is 0. The molecular formula is C19H32N2. The summed E-state index contributed by atoms with van der Waals surface area (Å²) in [5, 5.41) is 3.86. The molecule has 21 heavy (non-hydrogen) atoms. The molecule has 3 atom stereocenters. The Labute approximate surface area is 130 Å². The summed E-state index contributed by atoms with van der Waals surface area (Å²) in [5.74, 6) is 1.64. The van der Waals surface area contributed by atoms with Crippen LogP contribution in [0.15, 0.2) is 24.3 Å². The second-order valence-electron chi connectivity index (χ2n) is 6.76. The predicted molar refractivity (Wildman–Crippen MR) is 92.7 cm³/mol. The van der Waals surface area contributed by atoms with Crippen LogP contribution in [0.25, 0.3) is 0 Å². The first kappa shape index (κ1) is 16.4. The van der Waals surface area contributed by atoms with E-state index in [0.717, 1.165) is 31.5 Å². The zero-order valence-electron chi connectivity index (χ0n) is 14.2. The summed E-state index contributed by atoms with van der Waals surface area (Å²) in [6.07, 6.45) is 4.05. The minimum atomic E-state index is 0.631. The lowest BCUT2D eigenvalue weighted by Gasteiger charge is -2.34. The SMILES string of the molecule is CCN(CC)Cc1ccccc1NC1CC(C)CCC1C. The second kappa shape index (κ2) is 7.84. The van der Waals surface area contributed by atoms with E-state index in [-0.39, 0.29) is 0 Å². The summed E-state index contributed by atoms with van der Waals surface area (Å²) in [6, 6.07) is 9.48. The van der Waals surface area contributed by atoms with Gasteiger partial charge in [-0.3, -0.25) is 4.90 Å². The number of hydrogen-bond acceptors (Lipinski definition) is 2. The predicted octanol–water partition coefficient (Wildman–Crippen LogP) is 4.77. The fourth-order valence-electron chi connectivity index (χ4n) is 3.42. The lowest BCUT2D eigenvalue weighted by molar-refractivity contribution is 0.279. The maximum atomic E-state index is 3.86. The van der Waals surface area contributed by atoms with Crippen LogP contribution in [-0.2, 0) is 6.54 Å². The van der Waals surface area contributed by atoms with Crippen LogP contribution in [0.1, 0.15) is 52.5 Å². The standard InChI is InChI=1S/C19H32N2/c1-5-21(6-2)14-17-9-7-8-10-18(17)20-19-13-15(3)11-12-16(19)4/h7-10,15-16,19-20H,5-6,11-14H2,1-4H3. The molecule has 1 aliphatic rings. The number of nitrogens with one attached hydrogen (secondary N) is 1. The molecule has 2 rings (SSSR count). The van der Waals surface area contributed by atoms with Crippen molar-refractivity contribution >= 4 is 5.69 Å². The molecule has 0 amide bonds. The van der Waals surface area contributed by atoms with Gasteiger partial charge in [0, 0.05) is 18.3 Å². The van der Waals surface area contributed by atoms with Gasteiger partial charge in [0.2, 0.25) is 0 Å². The van der Waals surface area contributed by atoms with Crippen LogP contribution in [0.5, 0.6) is 0 Å². The molecular weight excluding hydrogens is 256 g/mol. The van der Waals surface area contributed by atoms with Crippen LogP contribution >= 0.6 is 0 Å². The van der Waals surface area contributed by atoms with Crippen molar-refractivity contribution in [2.24, 2.45) is 11.8 Å². The van der Waals surface area contributed by atoms with E-state index in [0.29, 0.717) is 6.04 Å². The van der Waals surface area contributed by atoms with Crippen LogP contribution in [0.3, 0.4) is 0 Å². The van der Waals surface area contributed by atoms with E-state index < -0.39 is 0 Å². The third kappa shape index (κ3) is 4.47. The van der Waals surface area contributed by atoms with Gasteiger partial charge in [-0.05, 0) is 49.4 Å². The van der Waals surface area contributed by atoms with Gasteiger partial charge >= 0.3 is 0 Å². The van der Waals surface area contributed by atoms with Crippen molar-refractivity contribution in [2.45, 2.75) is 59.5 Å². The molecule has 0 radical (unpaired) electrons. The van der Waals surface area contributed by atoms with Crippen LogP contribution in [0.2, 0.25) is 0 Å². The Hall–Kier alpha value is -1.02. The van der Waals surface area contributed by atoms with Crippen molar-refractivity contribution in [1.82, 2.24) is 4.90 Å². The van der Waals surface area contributed by atoms with E-state index in [1.54, 1.807) is 0 Å². The van der Waals surface area contributed by atoms with Gasteiger partial charge in [0.15, 0.2) is 0 Å². The second-order valence-corrected chi connectivity index (χ2v) is 6.76. The molecule has 0 heterocycles. The fraction of sp³-hybridized carbons (Fsp3) is 0.684. The Morgan fingerprint density at radius 3 is 2.52 bits per heavy atom. The average molecular weight is 288 g/mol. The summed E-state index contributed by atoms with van der Waals surface area (Å²) in [6.45, 7) is 12.5. The molecule has 2 nitrogen and oxygen atoms in total. The molecule has 1 fully saturated rings. The third-order valence-electron chi connectivity index (χ3n) is 5.10. The number of rotatable bonds is 6. The molecule has 0 spiro atoms. The minimum Gasteiger partial charge on any atom is -0.382 e. The molecule has 0 bridgehead atoms. The van der Waals surface area contributed by atoms with Crippen molar-refractivity contribution in [3.05, 3.63) is 29.8 Å². The first-order valence-corrected chi connectivity index (χ1v) is 8.70. The van der Waals surface area contributed by atoms with Crippen LogP contribution in [0, 0.1) is 11.8 Å². The van der Waals surface area contributed by atoms with Crippen molar-refractivity contribution < 1.29 is 0 Å².